The molecule has 2 aromatic rings. The Kier molecular flexibility index (Phi) is 9.79. The van der Waals surface area contributed by atoms with E-state index in [1.165, 1.54) is 29.7 Å². The standard InChI is InChI=1S/C30H41F5N2/c1-21(27(36-20-30(33,34)35)16-23-14-25(31)17-26(32)15-23)19-37-29(11-6-5-7-12-29)24-10-8-9-22(13-24)18-28(2,3)4/h8-10,13-15,17,21,27,36-37H,5-7,11-12,16,18-20H2,1-4H3/t21-,27+/m1/s1. The summed E-state index contributed by atoms with van der Waals surface area (Å²) in [7, 11) is 0. The predicted octanol–water partition coefficient (Wildman–Crippen LogP) is 7.70. The van der Waals surface area contributed by atoms with Crippen LogP contribution < -0.4 is 10.6 Å². The van der Waals surface area contributed by atoms with Gasteiger partial charge in [0.2, 0.25) is 0 Å². The van der Waals surface area contributed by atoms with Gasteiger partial charge in [0.15, 0.2) is 0 Å². The van der Waals surface area contributed by atoms with E-state index in [9.17, 15) is 22.0 Å². The molecule has 1 fully saturated rings. The van der Waals surface area contributed by atoms with E-state index in [0.29, 0.717) is 12.1 Å². The van der Waals surface area contributed by atoms with Gasteiger partial charge in [-0.3, -0.25) is 0 Å². The Morgan fingerprint density at radius 3 is 2.14 bits per heavy atom. The average molecular weight is 525 g/mol. The molecule has 1 aliphatic carbocycles. The molecule has 2 atom stereocenters. The molecule has 2 nitrogen and oxygen atoms in total. The highest BCUT2D eigenvalue weighted by Gasteiger charge is 2.35. The molecule has 0 aromatic heterocycles. The van der Waals surface area contributed by atoms with Crippen molar-refractivity contribution in [2.24, 2.45) is 11.3 Å². The lowest BCUT2D eigenvalue weighted by molar-refractivity contribution is -0.126. The summed E-state index contributed by atoms with van der Waals surface area (Å²) in [6, 6.07) is 11.2. The van der Waals surface area contributed by atoms with Gasteiger partial charge in [0.1, 0.15) is 11.6 Å². The van der Waals surface area contributed by atoms with Crippen molar-refractivity contribution in [2.75, 3.05) is 13.1 Å². The van der Waals surface area contributed by atoms with E-state index in [0.717, 1.165) is 38.2 Å². The maximum Gasteiger partial charge on any atom is 0.401 e. The largest absolute Gasteiger partial charge is 0.401 e. The summed E-state index contributed by atoms with van der Waals surface area (Å²) >= 11 is 0. The van der Waals surface area contributed by atoms with Gasteiger partial charge in [-0.15, -0.1) is 0 Å². The molecule has 0 bridgehead atoms. The van der Waals surface area contributed by atoms with E-state index in [1.54, 1.807) is 0 Å². The fourth-order valence-electron chi connectivity index (χ4n) is 5.52. The van der Waals surface area contributed by atoms with Crippen molar-refractivity contribution < 1.29 is 22.0 Å². The van der Waals surface area contributed by atoms with Crippen LogP contribution in [0.5, 0.6) is 0 Å². The van der Waals surface area contributed by atoms with Crippen molar-refractivity contribution in [3.63, 3.8) is 0 Å². The maximum atomic E-state index is 13.8. The van der Waals surface area contributed by atoms with Crippen LogP contribution in [0.15, 0.2) is 42.5 Å². The van der Waals surface area contributed by atoms with Gasteiger partial charge in [-0.25, -0.2) is 8.78 Å². The second-order valence-corrected chi connectivity index (χ2v) is 12.0. The highest BCUT2D eigenvalue weighted by molar-refractivity contribution is 5.31. The van der Waals surface area contributed by atoms with Gasteiger partial charge in [0.25, 0.3) is 0 Å². The number of alkyl halides is 3. The third kappa shape index (κ3) is 9.36. The fourth-order valence-corrected chi connectivity index (χ4v) is 5.52. The Morgan fingerprint density at radius 2 is 1.54 bits per heavy atom. The summed E-state index contributed by atoms with van der Waals surface area (Å²) in [6.07, 6.45) is 1.95. The molecule has 3 rings (SSSR count). The van der Waals surface area contributed by atoms with E-state index in [2.05, 4.69) is 55.7 Å². The minimum absolute atomic E-state index is 0.0989. The first-order valence-electron chi connectivity index (χ1n) is 13.3. The van der Waals surface area contributed by atoms with Crippen LogP contribution in [0.2, 0.25) is 0 Å². The molecule has 0 saturated heterocycles. The van der Waals surface area contributed by atoms with Gasteiger partial charge >= 0.3 is 6.18 Å². The summed E-state index contributed by atoms with van der Waals surface area (Å²) in [5.74, 6) is -1.68. The fraction of sp³-hybridized carbons (Fsp3) is 0.600. The molecule has 0 unspecified atom stereocenters. The summed E-state index contributed by atoms with van der Waals surface area (Å²) in [5, 5.41) is 6.37. The minimum Gasteiger partial charge on any atom is -0.307 e. The van der Waals surface area contributed by atoms with Crippen molar-refractivity contribution in [3.05, 3.63) is 70.8 Å². The van der Waals surface area contributed by atoms with Crippen LogP contribution in [0.4, 0.5) is 22.0 Å². The molecule has 0 radical (unpaired) electrons. The molecule has 0 aliphatic heterocycles. The minimum atomic E-state index is -4.38. The zero-order valence-corrected chi connectivity index (χ0v) is 22.4. The molecule has 2 N–H and O–H groups in total. The smallest absolute Gasteiger partial charge is 0.307 e. The second kappa shape index (κ2) is 12.2. The van der Waals surface area contributed by atoms with E-state index in [-0.39, 0.29) is 23.3 Å². The van der Waals surface area contributed by atoms with Gasteiger partial charge in [-0.1, -0.05) is 71.2 Å². The van der Waals surface area contributed by atoms with Crippen molar-refractivity contribution in [1.29, 1.82) is 0 Å². The molecule has 7 heteroatoms. The van der Waals surface area contributed by atoms with E-state index in [4.69, 9.17) is 0 Å². The monoisotopic (exact) mass is 524 g/mol. The van der Waals surface area contributed by atoms with Crippen LogP contribution in [0.25, 0.3) is 0 Å². The van der Waals surface area contributed by atoms with Crippen molar-refractivity contribution in [2.45, 2.75) is 90.4 Å². The molecule has 0 amide bonds. The molecule has 0 heterocycles. The van der Waals surface area contributed by atoms with E-state index < -0.39 is 30.4 Å². The number of rotatable bonds is 10. The second-order valence-electron chi connectivity index (χ2n) is 12.0. The quantitative estimate of drug-likeness (QED) is 0.311. The summed E-state index contributed by atoms with van der Waals surface area (Å²) in [4.78, 5) is 0. The molecular weight excluding hydrogens is 483 g/mol. The SMILES string of the molecule is C[C@H](CNC1(c2cccc(CC(C)(C)C)c2)CCCCC1)[C@H](Cc1cc(F)cc(F)c1)NCC(F)(F)F. The predicted molar refractivity (Wildman–Crippen MR) is 139 cm³/mol. The van der Waals surface area contributed by atoms with Crippen LogP contribution in [0, 0.1) is 23.0 Å². The van der Waals surface area contributed by atoms with Crippen LogP contribution in [-0.4, -0.2) is 25.3 Å². The topological polar surface area (TPSA) is 24.1 Å². The zero-order valence-electron chi connectivity index (χ0n) is 22.4. The average Bonchev–Trinajstić information content (AvgIpc) is 2.78. The van der Waals surface area contributed by atoms with Crippen LogP contribution in [0.3, 0.4) is 0 Å². The zero-order chi connectivity index (χ0) is 27.3. The van der Waals surface area contributed by atoms with E-state index >= 15 is 0 Å². The Hall–Kier alpha value is -1.99. The highest BCUT2D eigenvalue weighted by Crippen LogP contribution is 2.38. The molecule has 0 spiro atoms. The van der Waals surface area contributed by atoms with Crippen molar-refractivity contribution in [3.8, 4) is 0 Å². The lowest BCUT2D eigenvalue weighted by Gasteiger charge is -2.41. The number of benzene rings is 2. The van der Waals surface area contributed by atoms with Gasteiger partial charge < -0.3 is 10.6 Å². The van der Waals surface area contributed by atoms with Crippen molar-refractivity contribution >= 4 is 0 Å². The number of nitrogens with one attached hydrogen (secondary N) is 2. The maximum absolute atomic E-state index is 13.8. The molecular formula is C30H41F5N2. The number of halogens is 5. The normalized spacial score (nSPS) is 18.0. The Labute approximate surface area is 218 Å². The first kappa shape index (κ1) is 29.6. The van der Waals surface area contributed by atoms with Crippen molar-refractivity contribution in [1.82, 2.24) is 10.6 Å². The Balaban J connectivity index is 1.80. The molecule has 37 heavy (non-hydrogen) atoms. The Morgan fingerprint density at radius 1 is 0.892 bits per heavy atom. The number of hydrogen-bond acceptors (Lipinski definition) is 2. The lowest BCUT2D eigenvalue weighted by atomic mass is 9.75. The molecule has 2 aromatic carbocycles. The third-order valence-electron chi connectivity index (χ3n) is 7.31. The first-order valence-corrected chi connectivity index (χ1v) is 13.3. The van der Waals surface area contributed by atoms with Gasteiger partial charge in [0, 0.05) is 24.2 Å². The van der Waals surface area contributed by atoms with Crippen LogP contribution >= 0.6 is 0 Å². The third-order valence-corrected chi connectivity index (χ3v) is 7.31. The Bertz CT molecular complexity index is 986. The first-order chi connectivity index (χ1) is 17.2. The summed E-state index contributed by atoms with van der Waals surface area (Å²) in [6.45, 7) is 7.87. The molecule has 206 valence electrons. The van der Waals surface area contributed by atoms with Gasteiger partial charge in [0.05, 0.1) is 6.54 Å². The van der Waals surface area contributed by atoms with Crippen LogP contribution in [0.1, 0.15) is 76.5 Å². The summed E-state index contributed by atoms with van der Waals surface area (Å²) < 4.78 is 66.7. The lowest BCUT2D eigenvalue weighted by Crippen LogP contribution is -2.50. The van der Waals surface area contributed by atoms with Gasteiger partial charge in [-0.2, -0.15) is 13.2 Å². The number of hydrogen-bond donors (Lipinski definition) is 2. The molecule has 1 aliphatic rings. The van der Waals surface area contributed by atoms with Crippen LogP contribution in [-0.2, 0) is 18.4 Å². The molecule has 1 saturated carbocycles. The van der Waals surface area contributed by atoms with E-state index in [1.807, 2.05) is 6.92 Å². The summed E-state index contributed by atoms with van der Waals surface area (Å²) in [5.41, 5.74) is 2.77. The highest BCUT2D eigenvalue weighted by atomic mass is 19.4. The van der Waals surface area contributed by atoms with Gasteiger partial charge in [-0.05, 0) is 65.8 Å².